The van der Waals surface area contributed by atoms with Gasteiger partial charge in [-0.25, -0.2) is 10.8 Å². The molecule has 0 amide bonds. The number of ether oxygens (including phenoxy) is 1. The fourth-order valence-corrected chi connectivity index (χ4v) is 1.54. The molecule has 0 bridgehead atoms. The molecule has 0 saturated heterocycles. The molecule has 0 spiro atoms. The van der Waals surface area contributed by atoms with Crippen LogP contribution in [0.3, 0.4) is 0 Å². The van der Waals surface area contributed by atoms with E-state index < -0.39 is 0 Å². The summed E-state index contributed by atoms with van der Waals surface area (Å²) in [6, 6.07) is 0.0941. The Bertz CT molecular complexity index is 544. The second-order valence-electron chi connectivity index (χ2n) is 4.16. The molecule has 20 heavy (non-hydrogen) atoms. The number of rotatable bonds is 6. The van der Waals surface area contributed by atoms with Gasteiger partial charge in [-0.2, -0.15) is 24.7 Å². The Labute approximate surface area is 116 Å². The zero-order valence-electron chi connectivity index (χ0n) is 11.6. The molecule has 2 heterocycles. The van der Waals surface area contributed by atoms with Gasteiger partial charge in [0.05, 0.1) is 12.6 Å². The molecule has 108 valence electrons. The molecule has 10 nitrogen and oxygen atoms in total. The summed E-state index contributed by atoms with van der Waals surface area (Å²) in [5, 5.41) is 3.98. The van der Waals surface area contributed by atoms with Crippen molar-refractivity contribution in [2.75, 3.05) is 31.1 Å². The third kappa shape index (κ3) is 2.97. The van der Waals surface area contributed by atoms with Gasteiger partial charge in [0.15, 0.2) is 0 Å². The molecule has 0 aliphatic carbocycles. The van der Waals surface area contributed by atoms with Crippen LogP contribution in [0.25, 0.3) is 5.95 Å². The largest absolute Gasteiger partial charge is 0.383 e. The maximum atomic E-state index is 5.38. The maximum absolute atomic E-state index is 5.38. The van der Waals surface area contributed by atoms with Gasteiger partial charge in [-0.15, -0.1) is 0 Å². The molecule has 2 aromatic rings. The van der Waals surface area contributed by atoms with E-state index in [1.165, 1.54) is 17.3 Å². The minimum atomic E-state index is 0.0941. The van der Waals surface area contributed by atoms with Gasteiger partial charge in [-0.3, -0.25) is 5.43 Å². The zero-order valence-corrected chi connectivity index (χ0v) is 11.6. The summed E-state index contributed by atoms with van der Waals surface area (Å²) in [4.78, 5) is 18.4. The summed E-state index contributed by atoms with van der Waals surface area (Å²) < 4.78 is 6.56. The maximum Gasteiger partial charge on any atom is 0.258 e. The minimum Gasteiger partial charge on any atom is -0.383 e. The lowest BCUT2D eigenvalue weighted by Gasteiger charge is -2.24. The Morgan fingerprint density at radius 1 is 1.45 bits per heavy atom. The van der Waals surface area contributed by atoms with Crippen LogP contribution in [0.1, 0.15) is 6.92 Å². The van der Waals surface area contributed by atoms with Gasteiger partial charge in [0.1, 0.15) is 12.7 Å². The number of nitrogens with one attached hydrogen (secondary N) is 1. The van der Waals surface area contributed by atoms with Crippen LogP contribution in [0, 0.1) is 0 Å². The molecule has 0 saturated carbocycles. The van der Waals surface area contributed by atoms with E-state index in [9.17, 15) is 0 Å². The Hall–Kier alpha value is -2.33. The van der Waals surface area contributed by atoms with Crippen LogP contribution in [0.5, 0.6) is 0 Å². The molecular formula is C10H17N9O. The van der Waals surface area contributed by atoms with Crippen molar-refractivity contribution >= 4 is 11.9 Å². The first-order valence-corrected chi connectivity index (χ1v) is 5.95. The molecule has 1 unspecified atom stereocenters. The average Bonchev–Trinajstić information content (AvgIpc) is 3.00. The van der Waals surface area contributed by atoms with Crippen LogP contribution in [0.4, 0.5) is 11.9 Å². The lowest BCUT2D eigenvalue weighted by Crippen LogP contribution is -2.34. The number of nitrogen functional groups attached to an aromatic ring is 1. The first kappa shape index (κ1) is 14.1. The Morgan fingerprint density at radius 3 is 2.85 bits per heavy atom. The summed E-state index contributed by atoms with van der Waals surface area (Å²) in [6.07, 6.45) is 2.90. The van der Waals surface area contributed by atoms with Crippen LogP contribution in [0.15, 0.2) is 12.7 Å². The first-order valence-electron chi connectivity index (χ1n) is 5.95. The van der Waals surface area contributed by atoms with Crippen molar-refractivity contribution in [1.82, 2.24) is 29.7 Å². The number of nitrogens with zero attached hydrogens (tertiary/aromatic N) is 7. The third-order valence-corrected chi connectivity index (χ3v) is 2.75. The number of hydrazine groups is 1. The topological polar surface area (TPSA) is 120 Å². The molecule has 3 N–H and O–H groups in total. The van der Waals surface area contributed by atoms with Crippen molar-refractivity contribution in [2.24, 2.45) is 5.84 Å². The second kappa shape index (κ2) is 6.21. The first-order chi connectivity index (χ1) is 9.65. The minimum absolute atomic E-state index is 0.0941. The van der Waals surface area contributed by atoms with Gasteiger partial charge in [0, 0.05) is 14.2 Å². The van der Waals surface area contributed by atoms with Crippen molar-refractivity contribution in [3.63, 3.8) is 0 Å². The number of methoxy groups -OCH3 is 1. The molecule has 0 aliphatic heterocycles. The highest BCUT2D eigenvalue weighted by molar-refractivity contribution is 5.39. The van der Waals surface area contributed by atoms with E-state index in [-0.39, 0.29) is 12.0 Å². The predicted molar refractivity (Wildman–Crippen MR) is 72.3 cm³/mol. The zero-order chi connectivity index (χ0) is 14.5. The average molecular weight is 279 g/mol. The molecular weight excluding hydrogens is 262 g/mol. The molecule has 0 fully saturated rings. The van der Waals surface area contributed by atoms with Crippen molar-refractivity contribution in [1.29, 1.82) is 0 Å². The molecule has 0 radical (unpaired) electrons. The summed E-state index contributed by atoms with van der Waals surface area (Å²) in [5.74, 6) is 6.42. The van der Waals surface area contributed by atoms with E-state index in [0.29, 0.717) is 18.5 Å². The fourth-order valence-electron chi connectivity index (χ4n) is 1.54. The van der Waals surface area contributed by atoms with E-state index in [0.717, 1.165) is 0 Å². The summed E-state index contributed by atoms with van der Waals surface area (Å²) in [6.45, 7) is 2.55. The summed E-state index contributed by atoms with van der Waals surface area (Å²) in [7, 11) is 3.51. The van der Waals surface area contributed by atoms with Crippen molar-refractivity contribution in [2.45, 2.75) is 13.0 Å². The monoisotopic (exact) mass is 279 g/mol. The summed E-state index contributed by atoms with van der Waals surface area (Å²) in [5.41, 5.74) is 2.41. The standard InChI is InChI=1S/C10H17N9O/c1-7(4-20-3)18(2)9-14-8(17-11)15-10(16-9)19-6-12-5-13-19/h5-7H,4,11H2,1-3H3,(H,14,15,16,17). The van der Waals surface area contributed by atoms with E-state index in [1.54, 1.807) is 7.11 Å². The number of nitrogens with two attached hydrogens (primary N) is 1. The third-order valence-electron chi connectivity index (χ3n) is 2.75. The van der Waals surface area contributed by atoms with Gasteiger partial charge < -0.3 is 9.64 Å². The van der Waals surface area contributed by atoms with Crippen LogP contribution < -0.4 is 16.2 Å². The molecule has 1 atom stereocenters. The van der Waals surface area contributed by atoms with Crippen molar-refractivity contribution in [3.05, 3.63) is 12.7 Å². The van der Waals surface area contributed by atoms with Gasteiger partial charge in [0.25, 0.3) is 5.95 Å². The lowest BCUT2D eigenvalue weighted by molar-refractivity contribution is 0.183. The quantitative estimate of drug-likeness (QED) is 0.517. The highest BCUT2D eigenvalue weighted by Gasteiger charge is 2.16. The Kier molecular flexibility index (Phi) is 4.38. The Morgan fingerprint density at radius 2 is 2.25 bits per heavy atom. The van der Waals surface area contributed by atoms with E-state index in [2.05, 4.69) is 30.5 Å². The van der Waals surface area contributed by atoms with E-state index in [1.807, 2.05) is 18.9 Å². The number of likely N-dealkylation sites (N-methyl/N-ethyl adjacent to an activating group) is 1. The number of aromatic nitrogens is 6. The van der Waals surface area contributed by atoms with Gasteiger partial charge in [-0.05, 0) is 6.92 Å². The van der Waals surface area contributed by atoms with Gasteiger partial charge >= 0.3 is 0 Å². The predicted octanol–water partition coefficient (Wildman–Crippen LogP) is -0.791. The van der Waals surface area contributed by atoms with Crippen LogP contribution >= 0.6 is 0 Å². The van der Waals surface area contributed by atoms with Crippen molar-refractivity contribution in [3.8, 4) is 5.95 Å². The fraction of sp³-hybridized carbons (Fsp3) is 0.500. The molecule has 0 aliphatic rings. The number of hydrogen-bond acceptors (Lipinski definition) is 9. The molecule has 10 heteroatoms. The highest BCUT2D eigenvalue weighted by atomic mass is 16.5. The van der Waals surface area contributed by atoms with Crippen molar-refractivity contribution < 1.29 is 4.74 Å². The number of anilines is 2. The van der Waals surface area contributed by atoms with Crippen LogP contribution in [-0.4, -0.2) is 56.5 Å². The van der Waals surface area contributed by atoms with Crippen LogP contribution in [0.2, 0.25) is 0 Å². The van der Waals surface area contributed by atoms with Gasteiger partial charge in [-0.1, -0.05) is 0 Å². The van der Waals surface area contributed by atoms with Gasteiger partial charge in [0.2, 0.25) is 11.9 Å². The Balaban J connectivity index is 2.35. The van der Waals surface area contributed by atoms with Crippen LogP contribution in [-0.2, 0) is 4.74 Å². The molecule has 2 aromatic heterocycles. The lowest BCUT2D eigenvalue weighted by atomic mass is 10.3. The molecule has 2 rings (SSSR count). The normalized spacial score (nSPS) is 12.2. The van der Waals surface area contributed by atoms with E-state index in [4.69, 9.17) is 10.6 Å². The smallest absolute Gasteiger partial charge is 0.258 e. The highest BCUT2D eigenvalue weighted by Crippen LogP contribution is 2.13. The molecule has 0 aromatic carbocycles. The SMILES string of the molecule is COCC(C)N(C)c1nc(NN)nc(-n2cncn2)n1. The summed E-state index contributed by atoms with van der Waals surface area (Å²) >= 11 is 0. The second-order valence-corrected chi connectivity index (χ2v) is 4.16. The van der Waals surface area contributed by atoms with E-state index >= 15 is 0 Å². The number of hydrogen-bond donors (Lipinski definition) is 2.